The summed E-state index contributed by atoms with van der Waals surface area (Å²) in [6, 6.07) is 5.59. The summed E-state index contributed by atoms with van der Waals surface area (Å²) in [5.74, 6) is 0.610. The Morgan fingerprint density at radius 1 is 1.27 bits per heavy atom. The van der Waals surface area contributed by atoms with E-state index in [0.717, 1.165) is 5.69 Å². The number of rotatable bonds is 1. The summed E-state index contributed by atoms with van der Waals surface area (Å²) in [5.41, 5.74) is 6.31. The Morgan fingerprint density at radius 2 is 2.20 bits per heavy atom. The summed E-state index contributed by atoms with van der Waals surface area (Å²) >= 11 is 1.30. The maximum absolute atomic E-state index is 5.58. The summed E-state index contributed by atoms with van der Waals surface area (Å²) < 4.78 is 1.60. The van der Waals surface area contributed by atoms with Gasteiger partial charge in [-0.05, 0) is 12.1 Å². The topological polar surface area (TPSA) is 82.0 Å². The lowest BCUT2D eigenvalue weighted by molar-refractivity contribution is 0.964. The van der Waals surface area contributed by atoms with Crippen molar-refractivity contribution < 1.29 is 0 Å². The molecule has 3 rings (SSSR count). The number of anilines is 1. The Balaban J connectivity index is 2.27. The molecule has 0 aliphatic carbocycles. The predicted octanol–water partition coefficient (Wildman–Crippen LogP) is 0.830. The summed E-state index contributed by atoms with van der Waals surface area (Å²) in [6.07, 6.45) is 1.70. The number of nitrogen functional groups attached to an aromatic ring is 1. The van der Waals surface area contributed by atoms with E-state index in [0.29, 0.717) is 15.9 Å². The first-order chi connectivity index (χ1) is 7.34. The minimum absolute atomic E-state index is 0.470. The Morgan fingerprint density at radius 3 is 3.00 bits per heavy atom. The molecule has 0 aliphatic heterocycles. The molecule has 0 bridgehead atoms. The third-order valence-corrected chi connectivity index (χ3v) is 2.63. The number of aromatic nitrogens is 5. The van der Waals surface area contributed by atoms with Crippen molar-refractivity contribution in [2.75, 3.05) is 5.73 Å². The van der Waals surface area contributed by atoms with Crippen molar-refractivity contribution in [3.05, 3.63) is 24.4 Å². The van der Waals surface area contributed by atoms with Crippen molar-refractivity contribution in [2.45, 2.75) is 0 Å². The first-order valence-electron chi connectivity index (χ1n) is 4.24. The van der Waals surface area contributed by atoms with Gasteiger partial charge in [0.25, 0.3) is 0 Å². The van der Waals surface area contributed by atoms with Gasteiger partial charge in [-0.25, -0.2) is 0 Å². The maximum Gasteiger partial charge on any atom is 0.236 e. The second-order valence-corrected chi connectivity index (χ2v) is 3.86. The summed E-state index contributed by atoms with van der Waals surface area (Å²) in [5, 5.41) is 12.5. The molecular formula is C8H6N6S. The van der Waals surface area contributed by atoms with Crippen LogP contribution in [0.15, 0.2) is 24.4 Å². The van der Waals surface area contributed by atoms with Crippen LogP contribution in [0.25, 0.3) is 16.5 Å². The molecule has 0 amide bonds. The van der Waals surface area contributed by atoms with Crippen molar-refractivity contribution in [3.8, 4) is 11.5 Å². The smallest absolute Gasteiger partial charge is 0.236 e. The van der Waals surface area contributed by atoms with Crippen LogP contribution < -0.4 is 5.73 Å². The number of hydrogen-bond acceptors (Lipinski definition) is 6. The van der Waals surface area contributed by atoms with E-state index in [4.69, 9.17) is 5.73 Å². The van der Waals surface area contributed by atoms with Gasteiger partial charge in [0.15, 0.2) is 0 Å². The number of fused-ring (bicyclic) bond motifs is 1. The standard InChI is InChI=1S/C8H6N6S/c9-7-13-14-6(11-12-8(14)15-7)5-3-1-2-4-10-5/h1-4H,(H2,9,13). The lowest BCUT2D eigenvalue weighted by atomic mass is 10.3. The van der Waals surface area contributed by atoms with Gasteiger partial charge in [0.05, 0.1) is 0 Å². The third kappa shape index (κ3) is 1.24. The fourth-order valence-corrected chi connectivity index (χ4v) is 1.89. The average molecular weight is 218 g/mol. The third-order valence-electron chi connectivity index (χ3n) is 1.90. The van der Waals surface area contributed by atoms with E-state index >= 15 is 0 Å². The zero-order chi connectivity index (χ0) is 10.3. The first kappa shape index (κ1) is 8.30. The monoisotopic (exact) mass is 218 g/mol. The van der Waals surface area contributed by atoms with Gasteiger partial charge in [-0.2, -0.15) is 4.52 Å². The maximum atomic E-state index is 5.58. The van der Waals surface area contributed by atoms with E-state index < -0.39 is 0 Å². The van der Waals surface area contributed by atoms with Gasteiger partial charge in [0.2, 0.25) is 15.9 Å². The molecule has 0 aliphatic rings. The number of nitrogens with two attached hydrogens (primary N) is 1. The molecule has 3 aromatic rings. The van der Waals surface area contributed by atoms with Crippen LogP contribution in [-0.2, 0) is 0 Å². The van der Waals surface area contributed by atoms with E-state index in [-0.39, 0.29) is 0 Å². The molecule has 0 aromatic carbocycles. The fraction of sp³-hybridized carbons (Fsp3) is 0. The highest BCUT2D eigenvalue weighted by molar-refractivity contribution is 7.20. The lowest BCUT2D eigenvalue weighted by Gasteiger charge is -1.93. The van der Waals surface area contributed by atoms with Crippen molar-refractivity contribution in [1.82, 2.24) is 24.8 Å². The van der Waals surface area contributed by atoms with E-state index in [1.54, 1.807) is 10.7 Å². The van der Waals surface area contributed by atoms with Crippen LogP contribution in [0.2, 0.25) is 0 Å². The molecule has 0 saturated carbocycles. The Hall–Kier alpha value is -2.02. The highest BCUT2D eigenvalue weighted by atomic mass is 32.1. The minimum atomic E-state index is 0.470. The molecule has 3 heterocycles. The van der Waals surface area contributed by atoms with Crippen LogP contribution in [-0.4, -0.2) is 24.8 Å². The molecule has 0 fully saturated rings. The average Bonchev–Trinajstić information content (AvgIpc) is 2.77. The zero-order valence-electron chi connectivity index (χ0n) is 7.53. The number of nitrogens with zero attached hydrogens (tertiary/aromatic N) is 5. The minimum Gasteiger partial charge on any atom is -0.374 e. The van der Waals surface area contributed by atoms with Crippen molar-refractivity contribution >= 4 is 21.4 Å². The van der Waals surface area contributed by atoms with Crippen LogP contribution >= 0.6 is 11.3 Å². The SMILES string of the molecule is Nc1nn2c(-c3ccccn3)nnc2s1. The predicted molar refractivity (Wildman–Crippen MR) is 56.3 cm³/mol. The molecule has 2 N–H and O–H groups in total. The first-order valence-corrected chi connectivity index (χ1v) is 5.05. The van der Waals surface area contributed by atoms with Gasteiger partial charge >= 0.3 is 0 Å². The van der Waals surface area contributed by atoms with Gasteiger partial charge < -0.3 is 5.73 Å². The lowest BCUT2D eigenvalue weighted by Crippen LogP contribution is -1.93. The van der Waals surface area contributed by atoms with Crippen molar-refractivity contribution in [2.24, 2.45) is 0 Å². The molecular weight excluding hydrogens is 212 g/mol. The largest absolute Gasteiger partial charge is 0.374 e. The molecule has 74 valence electrons. The van der Waals surface area contributed by atoms with Gasteiger partial charge in [0, 0.05) is 6.20 Å². The van der Waals surface area contributed by atoms with E-state index in [1.807, 2.05) is 18.2 Å². The number of hydrogen-bond donors (Lipinski definition) is 1. The molecule has 0 unspecified atom stereocenters. The Bertz CT molecular complexity index is 598. The molecule has 0 spiro atoms. The van der Waals surface area contributed by atoms with Crippen molar-refractivity contribution in [3.63, 3.8) is 0 Å². The van der Waals surface area contributed by atoms with Gasteiger partial charge in [-0.1, -0.05) is 17.4 Å². The summed E-state index contributed by atoms with van der Waals surface area (Å²) in [6.45, 7) is 0. The highest BCUT2D eigenvalue weighted by Crippen LogP contribution is 2.20. The van der Waals surface area contributed by atoms with E-state index in [1.165, 1.54) is 11.3 Å². The molecule has 0 saturated heterocycles. The second kappa shape index (κ2) is 2.99. The zero-order valence-corrected chi connectivity index (χ0v) is 8.35. The Labute approximate surface area is 88.4 Å². The normalized spacial score (nSPS) is 10.9. The molecule has 6 nitrogen and oxygen atoms in total. The van der Waals surface area contributed by atoms with Crippen LogP contribution in [0.1, 0.15) is 0 Å². The Kier molecular flexibility index (Phi) is 1.65. The summed E-state index contributed by atoms with van der Waals surface area (Å²) in [4.78, 5) is 4.86. The fourth-order valence-electron chi connectivity index (χ4n) is 1.29. The summed E-state index contributed by atoms with van der Waals surface area (Å²) in [7, 11) is 0. The quantitative estimate of drug-likeness (QED) is 0.654. The van der Waals surface area contributed by atoms with E-state index in [9.17, 15) is 0 Å². The van der Waals surface area contributed by atoms with Gasteiger partial charge in [0.1, 0.15) is 5.69 Å². The highest BCUT2D eigenvalue weighted by Gasteiger charge is 2.12. The molecule has 0 radical (unpaired) electrons. The van der Waals surface area contributed by atoms with Crippen LogP contribution in [0.3, 0.4) is 0 Å². The van der Waals surface area contributed by atoms with Crippen LogP contribution in [0.5, 0.6) is 0 Å². The van der Waals surface area contributed by atoms with Crippen molar-refractivity contribution in [1.29, 1.82) is 0 Å². The van der Waals surface area contributed by atoms with Gasteiger partial charge in [-0.15, -0.1) is 15.3 Å². The van der Waals surface area contributed by atoms with Gasteiger partial charge in [-0.3, -0.25) is 4.98 Å². The molecule has 7 heteroatoms. The van der Waals surface area contributed by atoms with E-state index in [2.05, 4.69) is 20.3 Å². The molecule has 15 heavy (non-hydrogen) atoms. The molecule has 0 atom stereocenters. The second-order valence-electron chi connectivity index (χ2n) is 2.87. The number of pyridine rings is 1. The van der Waals surface area contributed by atoms with Crippen LogP contribution in [0.4, 0.5) is 5.13 Å². The van der Waals surface area contributed by atoms with Crippen LogP contribution in [0, 0.1) is 0 Å². The molecule has 3 aromatic heterocycles.